The van der Waals surface area contributed by atoms with E-state index in [2.05, 4.69) is 9.72 Å². The predicted molar refractivity (Wildman–Crippen MR) is 61.9 cm³/mol. The summed E-state index contributed by atoms with van der Waals surface area (Å²) >= 11 is 0. The van der Waals surface area contributed by atoms with Crippen LogP contribution in [0.15, 0.2) is 18.5 Å². The van der Waals surface area contributed by atoms with E-state index >= 15 is 0 Å². The van der Waals surface area contributed by atoms with Crippen molar-refractivity contribution < 1.29 is 27.8 Å². The van der Waals surface area contributed by atoms with Crippen molar-refractivity contribution in [2.24, 2.45) is 0 Å². The summed E-state index contributed by atoms with van der Waals surface area (Å²) in [4.78, 5) is 3.89. The van der Waals surface area contributed by atoms with Crippen LogP contribution in [0.2, 0.25) is 0 Å². The Morgan fingerprint density at radius 1 is 1.37 bits per heavy atom. The molecule has 0 aliphatic carbocycles. The Labute approximate surface area is 109 Å². The van der Waals surface area contributed by atoms with Gasteiger partial charge in [-0.2, -0.15) is 13.2 Å². The van der Waals surface area contributed by atoms with Crippen LogP contribution in [0.3, 0.4) is 0 Å². The molecule has 0 bridgehead atoms. The number of nitrogens with zero attached hydrogens (tertiary/aromatic N) is 1. The van der Waals surface area contributed by atoms with E-state index in [4.69, 9.17) is 4.74 Å². The number of aliphatic hydroxyl groups excluding tert-OH is 1. The molecule has 1 rings (SSSR count). The largest absolute Gasteiger partial charge is 0.492 e. The SMILES string of the molecule is CCOc1cncc(C(O)CCOCC(F)(F)F)c1. The molecule has 1 aromatic heterocycles. The van der Waals surface area contributed by atoms with Crippen molar-refractivity contribution >= 4 is 0 Å². The van der Waals surface area contributed by atoms with Crippen LogP contribution in [-0.4, -0.2) is 36.1 Å². The zero-order chi connectivity index (χ0) is 14.3. The Morgan fingerprint density at radius 2 is 2.11 bits per heavy atom. The summed E-state index contributed by atoms with van der Waals surface area (Å²) < 4.78 is 45.1. The van der Waals surface area contributed by atoms with Crippen molar-refractivity contribution in [1.82, 2.24) is 4.98 Å². The van der Waals surface area contributed by atoms with E-state index in [0.29, 0.717) is 17.9 Å². The van der Waals surface area contributed by atoms with Crippen molar-refractivity contribution in [3.63, 3.8) is 0 Å². The molecule has 0 saturated heterocycles. The Kier molecular flexibility index (Phi) is 6.04. The number of hydrogen-bond acceptors (Lipinski definition) is 4. The zero-order valence-corrected chi connectivity index (χ0v) is 10.5. The highest BCUT2D eigenvalue weighted by atomic mass is 19.4. The van der Waals surface area contributed by atoms with Crippen LogP contribution in [0.5, 0.6) is 5.75 Å². The summed E-state index contributed by atoms with van der Waals surface area (Å²) in [5.41, 5.74) is 0.488. The summed E-state index contributed by atoms with van der Waals surface area (Å²) in [6.07, 6.45) is -2.27. The molecule has 0 spiro atoms. The summed E-state index contributed by atoms with van der Waals surface area (Å²) in [5.74, 6) is 0.509. The first-order chi connectivity index (χ1) is 8.92. The highest BCUT2D eigenvalue weighted by Crippen LogP contribution is 2.21. The molecule has 0 amide bonds. The maximum Gasteiger partial charge on any atom is 0.411 e. The molecule has 0 fully saturated rings. The molecule has 1 unspecified atom stereocenters. The first kappa shape index (κ1) is 15.7. The Morgan fingerprint density at radius 3 is 2.74 bits per heavy atom. The van der Waals surface area contributed by atoms with Gasteiger partial charge in [0.25, 0.3) is 0 Å². The molecule has 0 aliphatic rings. The molecule has 0 aromatic carbocycles. The Bertz CT molecular complexity index is 385. The molecule has 4 nitrogen and oxygen atoms in total. The summed E-state index contributed by atoms with van der Waals surface area (Å²) in [7, 11) is 0. The van der Waals surface area contributed by atoms with Crippen LogP contribution in [0.25, 0.3) is 0 Å². The maximum absolute atomic E-state index is 11.8. The lowest BCUT2D eigenvalue weighted by Gasteiger charge is -2.13. The minimum atomic E-state index is -4.35. The lowest BCUT2D eigenvalue weighted by Crippen LogP contribution is -2.18. The van der Waals surface area contributed by atoms with Crippen LogP contribution in [-0.2, 0) is 4.74 Å². The van der Waals surface area contributed by atoms with Crippen LogP contribution < -0.4 is 4.74 Å². The van der Waals surface area contributed by atoms with E-state index < -0.39 is 18.9 Å². The number of aliphatic hydroxyl groups is 1. The second-order valence-electron chi connectivity index (χ2n) is 3.86. The highest BCUT2D eigenvalue weighted by molar-refractivity contribution is 5.25. The van der Waals surface area contributed by atoms with Crippen molar-refractivity contribution in [3.05, 3.63) is 24.0 Å². The fourth-order valence-corrected chi connectivity index (χ4v) is 1.41. The van der Waals surface area contributed by atoms with E-state index in [-0.39, 0.29) is 13.0 Å². The number of rotatable bonds is 7. The van der Waals surface area contributed by atoms with Gasteiger partial charge in [0, 0.05) is 24.8 Å². The van der Waals surface area contributed by atoms with Crippen LogP contribution in [0.4, 0.5) is 13.2 Å². The minimum absolute atomic E-state index is 0.0628. The molecule has 1 aromatic rings. The van der Waals surface area contributed by atoms with Gasteiger partial charge in [-0.15, -0.1) is 0 Å². The van der Waals surface area contributed by atoms with E-state index in [1.165, 1.54) is 12.4 Å². The molecule has 1 N–H and O–H groups in total. The third kappa shape index (κ3) is 6.40. The van der Waals surface area contributed by atoms with Gasteiger partial charge >= 0.3 is 6.18 Å². The van der Waals surface area contributed by atoms with Gasteiger partial charge in [0.1, 0.15) is 12.4 Å². The van der Waals surface area contributed by atoms with E-state index in [1.807, 2.05) is 6.92 Å². The third-order valence-electron chi connectivity index (χ3n) is 2.23. The van der Waals surface area contributed by atoms with Crippen molar-refractivity contribution in [1.29, 1.82) is 0 Å². The average Bonchev–Trinajstić information content (AvgIpc) is 2.34. The van der Waals surface area contributed by atoms with Crippen LogP contribution >= 0.6 is 0 Å². The molecule has 1 heterocycles. The molecule has 0 aliphatic heterocycles. The lowest BCUT2D eigenvalue weighted by atomic mass is 10.1. The van der Waals surface area contributed by atoms with Gasteiger partial charge < -0.3 is 14.6 Å². The second kappa shape index (κ2) is 7.30. The minimum Gasteiger partial charge on any atom is -0.492 e. The van der Waals surface area contributed by atoms with Gasteiger partial charge in [-0.1, -0.05) is 0 Å². The number of aromatic nitrogens is 1. The average molecular weight is 279 g/mol. The van der Waals surface area contributed by atoms with Gasteiger partial charge in [-0.25, -0.2) is 0 Å². The van der Waals surface area contributed by atoms with Gasteiger partial charge in [-0.05, 0) is 13.0 Å². The number of ether oxygens (including phenoxy) is 2. The number of pyridine rings is 1. The number of hydrogen-bond donors (Lipinski definition) is 1. The van der Waals surface area contributed by atoms with Crippen molar-refractivity contribution in [2.75, 3.05) is 19.8 Å². The fraction of sp³-hybridized carbons (Fsp3) is 0.583. The topological polar surface area (TPSA) is 51.6 Å². The molecule has 19 heavy (non-hydrogen) atoms. The second-order valence-corrected chi connectivity index (χ2v) is 3.86. The summed E-state index contributed by atoms with van der Waals surface area (Å²) in [6, 6.07) is 1.60. The number of halogens is 3. The Balaban J connectivity index is 2.40. The maximum atomic E-state index is 11.8. The number of alkyl halides is 3. The van der Waals surface area contributed by atoms with Crippen molar-refractivity contribution in [3.8, 4) is 5.75 Å². The summed E-state index contributed by atoms with van der Waals surface area (Å²) in [6.45, 7) is 0.792. The molecule has 1 atom stereocenters. The van der Waals surface area contributed by atoms with Gasteiger partial charge in [-0.3, -0.25) is 4.98 Å². The smallest absolute Gasteiger partial charge is 0.411 e. The third-order valence-corrected chi connectivity index (χ3v) is 2.23. The van der Waals surface area contributed by atoms with Crippen LogP contribution in [0, 0.1) is 0 Å². The predicted octanol–water partition coefficient (Wildman–Crippen LogP) is 2.48. The van der Waals surface area contributed by atoms with E-state index in [1.54, 1.807) is 6.07 Å². The van der Waals surface area contributed by atoms with Gasteiger partial charge in [0.15, 0.2) is 0 Å². The van der Waals surface area contributed by atoms with Gasteiger partial charge in [0.05, 0.1) is 18.9 Å². The first-order valence-corrected chi connectivity index (χ1v) is 5.82. The monoisotopic (exact) mass is 279 g/mol. The zero-order valence-electron chi connectivity index (χ0n) is 10.5. The van der Waals surface area contributed by atoms with Crippen LogP contribution in [0.1, 0.15) is 25.0 Å². The molecular formula is C12H16F3NO3. The Hall–Kier alpha value is -1.34. The normalized spacial score (nSPS) is 13.3. The van der Waals surface area contributed by atoms with E-state index in [0.717, 1.165) is 0 Å². The first-order valence-electron chi connectivity index (χ1n) is 5.82. The quantitative estimate of drug-likeness (QED) is 0.779. The van der Waals surface area contributed by atoms with Gasteiger partial charge in [0.2, 0.25) is 0 Å². The molecule has 0 saturated carbocycles. The molecule has 7 heteroatoms. The highest BCUT2D eigenvalue weighted by Gasteiger charge is 2.27. The molecular weight excluding hydrogens is 263 g/mol. The lowest BCUT2D eigenvalue weighted by molar-refractivity contribution is -0.175. The molecule has 108 valence electrons. The molecule has 0 radical (unpaired) electrons. The van der Waals surface area contributed by atoms with Crippen molar-refractivity contribution in [2.45, 2.75) is 25.6 Å². The summed E-state index contributed by atoms with van der Waals surface area (Å²) in [5, 5.41) is 9.79. The fourth-order valence-electron chi connectivity index (χ4n) is 1.41. The van der Waals surface area contributed by atoms with E-state index in [9.17, 15) is 18.3 Å². The standard InChI is InChI=1S/C12H16F3NO3/c1-2-19-10-5-9(6-16-7-10)11(17)3-4-18-8-12(13,14)15/h5-7,11,17H,2-4,8H2,1H3.